The normalized spacial score (nSPS) is 11.1. The van der Waals surface area contributed by atoms with E-state index in [1.165, 1.54) is 6.92 Å². The van der Waals surface area contributed by atoms with Gasteiger partial charge in [0.1, 0.15) is 12.4 Å². The van der Waals surface area contributed by atoms with Crippen molar-refractivity contribution in [1.29, 1.82) is 5.26 Å². The summed E-state index contributed by atoms with van der Waals surface area (Å²) in [5.41, 5.74) is -0.258. The topological polar surface area (TPSA) is 45.9 Å². The minimum atomic E-state index is -4.93. The molecule has 0 N–H and O–H groups in total. The lowest BCUT2D eigenvalue weighted by molar-refractivity contribution is -0.275. The quantitative estimate of drug-likeness (QED) is 0.772. The maximum absolute atomic E-state index is 12.7. The molecule has 0 amide bonds. The summed E-state index contributed by atoms with van der Waals surface area (Å²) >= 11 is 0. The number of pyridine rings is 1. The predicted octanol–water partition coefficient (Wildman–Crippen LogP) is 2.82. The summed E-state index contributed by atoms with van der Waals surface area (Å²) < 4.78 is 52.9. The van der Waals surface area contributed by atoms with Crippen LogP contribution in [0.4, 0.5) is 17.6 Å². The Morgan fingerprint density at radius 2 is 2.12 bits per heavy atom. The zero-order valence-electron chi connectivity index (χ0n) is 8.81. The number of aromatic nitrogens is 1. The van der Waals surface area contributed by atoms with Crippen molar-refractivity contribution in [3.63, 3.8) is 0 Å². The number of ether oxygens (including phenoxy) is 1. The van der Waals surface area contributed by atoms with Crippen LogP contribution in [-0.2, 0) is 13.1 Å². The van der Waals surface area contributed by atoms with E-state index in [0.717, 1.165) is 6.20 Å². The van der Waals surface area contributed by atoms with Gasteiger partial charge in [-0.15, -0.1) is 13.2 Å². The largest absolute Gasteiger partial charge is 0.573 e. The lowest BCUT2D eigenvalue weighted by atomic mass is 10.1. The van der Waals surface area contributed by atoms with Gasteiger partial charge >= 0.3 is 6.36 Å². The Hall–Kier alpha value is -1.84. The Balaban J connectivity index is 3.29. The van der Waals surface area contributed by atoms with Crippen LogP contribution in [0, 0.1) is 18.3 Å². The third-order valence-electron chi connectivity index (χ3n) is 2.04. The van der Waals surface area contributed by atoms with Gasteiger partial charge in [0, 0.05) is 23.0 Å². The predicted molar refractivity (Wildman–Crippen MR) is 49.8 cm³/mol. The maximum Gasteiger partial charge on any atom is 0.573 e. The Morgan fingerprint density at radius 3 is 2.59 bits per heavy atom. The van der Waals surface area contributed by atoms with Crippen LogP contribution in [0.25, 0.3) is 0 Å². The van der Waals surface area contributed by atoms with Crippen molar-refractivity contribution in [1.82, 2.24) is 4.98 Å². The Morgan fingerprint density at radius 1 is 1.47 bits per heavy atom. The molecule has 0 fully saturated rings. The van der Waals surface area contributed by atoms with Gasteiger partial charge in [-0.05, 0) is 6.92 Å². The maximum atomic E-state index is 12.7. The second kappa shape index (κ2) is 4.99. The third-order valence-corrected chi connectivity index (χ3v) is 2.04. The molecule has 1 aromatic heterocycles. The fraction of sp³-hybridized carbons (Fsp3) is 0.400. The van der Waals surface area contributed by atoms with E-state index in [4.69, 9.17) is 5.26 Å². The van der Waals surface area contributed by atoms with E-state index in [-0.39, 0.29) is 23.2 Å². The van der Waals surface area contributed by atoms with E-state index < -0.39 is 18.8 Å². The summed E-state index contributed by atoms with van der Waals surface area (Å²) in [6.45, 7) is 0.234. The van der Waals surface area contributed by atoms with E-state index in [0.29, 0.717) is 0 Å². The number of nitriles is 1. The number of rotatable bonds is 3. The highest BCUT2D eigenvalue weighted by Gasteiger charge is 2.33. The molecule has 0 unspecified atom stereocenters. The van der Waals surface area contributed by atoms with Gasteiger partial charge in [0.05, 0.1) is 12.5 Å². The lowest BCUT2D eigenvalue weighted by Crippen LogP contribution is -2.19. The Bertz CT molecular complexity index is 451. The van der Waals surface area contributed by atoms with Crippen LogP contribution in [0.15, 0.2) is 6.20 Å². The fourth-order valence-electron chi connectivity index (χ4n) is 1.28. The molecule has 0 bridgehead atoms. The molecule has 0 radical (unpaired) electrons. The summed E-state index contributed by atoms with van der Waals surface area (Å²) in [6, 6.07) is 1.67. The van der Waals surface area contributed by atoms with Crippen LogP contribution >= 0.6 is 0 Å². The average molecular weight is 248 g/mol. The standard InChI is InChI=1S/C10H8F4N2O/c1-6-8(4-11)9(17-10(12,13)14)7(2-3-15)5-16-6/h5H,2,4H2,1H3. The zero-order chi connectivity index (χ0) is 13.1. The summed E-state index contributed by atoms with van der Waals surface area (Å²) in [5, 5.41) is 8.47. The zero-order valence-corrected chi connectivity index (χ0v) is 8.81. The highest BCUT2D eigenvalue weighted by atomic mass is 19.4. The summed E-state index contributed by atoms with van der Waals surface area (Å²) in [5.74, 6) is -0.658. The van der Waals surface area contributed by atoms with Crippen molar-refractivity contribution < 1.29 is 22.3 Å². The second-order valence-electron chi connectivity index (χ2n) is 3.19. The van der Waals surface area contributed by atoms with Crippen LogP contribution in [0.3, 0.4) is 0 Å². The number of alkyl halides is 4. The Kier molecular flexibility index (Phi) is 3.89. The molecule has 1 rings (SSSR count). The molecule has 7 heteroatoms. The van der Waals surface area contributed by atoms with Gasteiger partial charge in [0.2, 0.25) is 0 Å². The Labute approximate surface area is 94.6 Å². The molecule has 0 atom stereocenters. The van der Waals surface area contributed by atoms with Crippen molar-refractivity contribution in [2.75, 3.05) is 0 Å². The molecule has 1 heterocycles. The van der Waals surface area contributed by atoms with Gasteiger partial charge in [-0.1, -0.05) is 0 Å². The van der Waals surface area contributed by atoms with Gasteiger partial charge in [-0.25, -0.2) is 4.39 Å². The van der Waals surface area contributed by atoms with Gasteiger partial charge in [0.25, 0.3) is 0 Å². The molecule has 0 aliphatic carbocycles. The summed E-state index contributed by atoms with van der Waals surface area (Å²) in [6.07, 6.45) is -4.17. The smallest absolute Gasteiger partial charge is 0.405 e. The first-order chi connectivity index (χ1) is 7.89. The van der Waals surface area contributed by atoms with Crippen LogP contribution < -0.4 is 4.74 Å². The first kappa shape index (κ1) is 13.2. The average Bonchev–Trinajstić information content (AvgIpc) is 2.21. The SMILES string of the molecule is Cc1ncc(CC#N)c(OC(F)(F)F)c1CF. The summed E-state index contributed by atoms with van der Waals surface area (Å²) in [4.78, 5) is 3.72. The lowest BCUT2D eigenvalue weighted by Gasteiger charge is -2.15. The monoisotopic (exact) mass is 248 g/mol. The molecule has 92 valence electrons. The van der Waals surface area contributed by atoms with E-state index in [1.807, 2.05) is 0 Å². The van der Waals surface area contributed by atoms with Gasteiger partial charge in [-0.2, -0.15) is 5.26 Å². The first-order valence-corrected chi connectivity index (χ1v) is 4.55. The minimum Gasteiger partial charge on any atom is -0.405 e. The van der Waals surface area contributed by atoms with Crippen molar-refractivity contribution in [2.24, 2.45) is 0 Å². The van der Waals surface area contributed by atoms with Crippen molar-refractivity contribution >= 4 is 0 Å². The summed E-state index contributed by atoms with van der Waals surface area (Å²) in [7, 11) is 0. The molecule has 0 aliphatic rings. The van der Waals surface area contributed by atoms with Crippen molar-refractivity contribution in [3.8, 4) is 11.8 Å². The molecule has 3 nitrogen and oxygen atoms in total. The number of nitrogens with zero attached hydrogens (tertiary/aromatic N) is 2. The third kappa shape index (κ3) is 3.31. The van der Waals surface area contributed by atoms with Crippen LogP contribution in [0.2, 0.25) is 0 Å². The fourth-order valence-corrected chi connectivity index (χ4v) is 1.28. The molecule has 0 saturated heterocycles. The van der Waals surface area contributed by atoms with Gasteiger partial charge < -0.3 is 4.74 Å². The number of hydrogen-bond acceptors (Lipinski definition) is 3. The molecule has 0 spiro atoms. The highest BCUT2D eigenvalue weighted by molar-refractivity contribution is 5.43. The number of hydrogen-bond donors (Lipinski definition) is 0. The van der Waals surface area contributed by atoms with Crippen LogP contribution in [-0.4, -0.2) is 11.3 Å². The van der Waals surface area contributed by atoms with E-state index in [9.17, 15) is 17.6 Å². The molecule has 17 heavy (non-hydrogen) atoms. The molecule has 0 aliphatic heterocycles. The van der Waals surface area contributed by atoms with Crippen LogP contribution in [0.5, 0.6) is 5.75 Å². The molecular formula is C10H8F4N2O. The minimum absolute atomic E-state index is 0.0805. The van der Waals surface area contributed by atoms with Crippen molar-refractivity contribution in [2.45, 2.75) is 26.4 Å². The molecule has 1 aromatic rings. The van der Waals surface area contributed by atoms with E-state index in [1.54, 1.807) is 6.07 Å². The van der Waals surface area contributed by atoms with Crippen LogP contribution in [0.1, 0.15) is 16.8 Å². The molecule has 0 saturated carbocycles. The second-order valence-corrected chi connectivity index (χ2v) is 3.19. The number of halogens is 4. The molecule has 0 aromatic carbocycles. The van der Waals surface area contributed by atoms with E-state index in [2.05, 4.69) is 9.72 Å². The molecular weight excluding hydrogens is 240 g/mol. The van der Waals surface area contributed by atoms with Crippen molar-refractivity contribution in [3.05, 3.63) is 23.0 Å². The first-order valence-electron chi connectivity index (χ1n) is 4.55. The highest BCUT2D eigenvalue weighted by Crippen LogP contribution is 2.32. The van der Waals surface area contributed by atoms with Gasteiger partial charge in [0.15, 0.2) is 0 Å². The number of aryl methyl sites for hydroxylation is 1. The van der Waals surface area contributed by atoms with Gasteiger partial charge in [-0.3, -0.25) is 4.98 Å². The van der Waals surface area contributed by atoms with E-state index >= 15 is 0 Å².